The van der Waals surface area contributed by atoms with Crippen molar-refractivity contribution in [2.24, 2.45) is 5.73 Å². The van der Waals surface area contributed by atoms with Gasteiger partial charge in [-0.25, -0.2) is 0 Å². The Bertz CT molecular complexity index is 194. The van der Waals surface area contributed by atoms with Crippen LogP contribution in [0.2, 0.25) is 0 Å². The third-order valence-electron chi connectivity index (χ3n) is 2.54. The number of rotatable bonds is 2. The molecule has 13 heavy (non-hydrogen) atoms. The van der Waals surface area contributed by atoms with Crippen LogP contribution in [0, 0.1) is 0 Å². The Kier molecular flexibility index (Phi) is 3.53. The molecule has 1 saturated carbocycles. The number of nitrogens with one attached hydrogen (secondary N) is 2. The van der Waals surface area contributed by atoms with Gasteiger partial charge in [0.15, 0.2) is 0 Å². The second-order valence-electron chi connectivity index (χ2n) is 3.66. The Morgan fingerprint density at radius 2 is 2.23 bits per heavy atom. The van der Waals surface area contributed by atoms with E-state index in [0.29, 0.717) is 0 Å². The maximum Gasteiger partial charge on any atom is 0.237 e. The Balaban J connectivity index is 0.000000845. The van der Waals surface area contributed by atoms with Crippen molar-refractivity contribution in [1.82, 2.24) is 10.6 Å². The first kappa shape index (κ1) is 10.8. The first-order valence-corrected chi connectivity index (χ1v) is 4.57. The lowest BCUT2D eigenvalue weighted by molar-refractivity contribution is -0.122. The SMILES string of the molecule is Cl.NC1CC1NC(=O)[C@@H]1CCCN1. The Morgan fingerprint density at radius 3 is 2.69 bits per heavy atom. The fourth-order valence-electron chi connectivity index (χ4n) is 1.57. The van der Waals surface area contributed by atoms with Gasteiger partial charge in [-0.05, 0) is 25.8 Å². The van der Waals surface area contributed by atoms with Crippen LogP contribution in [0.5, 0.6) is 0 Å². The van der Waals surface area contributed by atoms with Crippen molar-refractivity contribution in [1.29, 1.82) is 0 Å². The van der Waals surface area contributed by atoms with E-state index < -0.39 is 0 Å². The second-order valence-corrected chi connectivity index (χ2v) is 3.66. The maximum absolute atomic E-state index is 11.4. The van der Waals surface area contributed by atoms with E-state index in [1.54, 1.807) is 0 Å². The van der Waals surface area contributed by atoms with Crippen LogP contribution in [0.3, 0.4) is 0 Å². The number of halogens is 1. The number of hydrogen-bond acceptors (Lipinski definition) is 3. The summed E-state index contributed by atoms with van der Waals surface area (Å²) < 4.78 is 0. The van der Waals surface area contributed by atoms with Crippen LogP contribution in [0.4, 0.5) is 0 Å². The zero-order valence-electron chi connectivity index (χ0n) is 7.45. The summed E-state index contributed by atoms with van der Waals surface area (Å²) in [5.41, 5.74) is 5.58. The van der Waals surface area contributed by atoms with Crippen molar-refractivity contribution in [3.8, 4) is 0 Å². The molecule has 1 heterocycles. The molecule has 2 aliphatic rings. The van der Waals surface area contributed by atoms with Gasteiger partial charge < -0.3 is 16.4 Å². The van der Waals surface area contributed by atoms with Gasteiger partial charge in [-0.15, -0.1) is 12.4 Å². The predicted molar refractivity (Wildman–Crippen MR) is 52.8 cm³/mol. The minimum atomic E-state index is 0. The molecule has 0 radical (unpaired) electrons. The van der Waals surface area contributed by atoms with E-state index in [-0.39, 0.29) is 36.4 Å². The smallest absolute Gasteiger partial charge is 0.237 e. The van der Waals surface area contributed by atoms with Crippen molar-refractivity contribution in [2.45, 2.75) is 37.4 Å². The van der Waals surface area contributed by atoms with Crippen LogP contribution < -0.4 is 16.4 Å². The average molecular weight is 206 g/mol. The Hall–Kier alpha value is -0.320. The quantitative estimate of drug-likeness (QED) is 0.563. The van der Waals surface area contributed by atoms with E-state index in [1.807, 2.05) is 0 Å². The molecule has 2 rings (SSSR count). The topological polar surface area (TPSA) is 67.1 Å². The molecule has 1 aliphatic carbocycles. The van der Waals surface area contributed by atoms with Gasteiger partial charge >= 0.3 is 0 Å². The molecule has 0 aromatic heterocycles. The number of hydrogen-bond donors (Lipinski definition) is 3. The average Bonchev–Trinajstić information content (AvgIpc) is 2.58. The first-order valence-electron chi connectivity index (χ1n) is 4.57. The zero-order valence-corrected chi connectivity index (χ0v) is 8.27. The van der Waals surface area contributed by atoms with Crippen molar-refractivity contribution >= 4 is 18.3 Å². The Morgan fingerprint density at radius 1 is 1.54 bits per heavy atom. The van der Waals surface area contributed by atoms with Crippen LogP contribution in [0.25, 0.3) is 0 Å². The van der Waals surface area contributed by atoms with Crippen LogP contribution in [0.1, 0.15) is 19.3 Å². The largest absolute Gasteiger partial charge is 0.350 e. The first-order chi connectivity index (χ1) is 5.77. The molecule has 5 heteroatoms. The molecular weight excluding hydrogens is 190 g/mol. The maximum atomic E-state index is 11.4. The highest BCUT2D eigenvalue weighted by molar-refractivity contribution is 5.85. The minimum Gasteiger partial charge on any atom is -0.350 e. The van der Waals surface area contributed by atoms with Crippen molar-refractivity contribution in [3.05, 3.63) is 0 Å². The lowest BCUT2D eigenvalue weighted by atomic mass is 10.2. The van der Waals surface area contributed by atoms with Gasteiger partial charge in [0.1, 0.15) is 0 Å². The molecule has 4 N–H and O–H groups in total. The molecule has 1 aliphatic heterocycles. The fourth-order valence-corrected chi connectivity index (χ4v) is 1.57. The van der Waals surface area contributed by atoms with Crippen LogP contribution in [-0.4, -0.2) is 30.6 Å². The molecule has 1 amide bonds. The third kappa shape index (κ3) is 2.56. The monoisotopic (exact) mass is 205 g/mol. The molecule has 0 spiro atoms. The molecule has 0 bridgehead atoms. The zero-order chi connectivity index (χ0) is 8.55. The second kappa shape index (κ2) is 4.26. The molecular formula is C8H16ClN3O. The lowest BCUT2D eigenvalue weighted by Gasteiger charge is -2.09. The van der Waals surface area contributed by atoms with Crippen LogP contribution in [0.15, 0.2) is 0 Å². The number of nitrogens with two attached hydrogens (primary N) is 1. The molecule has 3 atom stereocenters. The molecule has 2 unspecified atom stereocenters. The fraction of sp³-hybridized carbons (Fsp3) is 0.875. The van der Waals surface area contributed by atoms with Gasteiger partial charge in [0.2, 0.25) is 5.91 Å². The standard InChI is InChI=1S/C8H15N3O.ClH/c9-5-4-7(5)11-8(12)6-2-1-3-10-6;/h5-7,10H,1-4,9H2,(H,11,12);1H/t5?,6-,7?;/m0./s1. The summed E-state index contributed by atoms with van der Waals surface area (Å²) in [7, 11) is 0. The number of amides is 1. The van der Waals surface area contributed by atoms with Crippen LogP contribution >= 0.6 is 12.4 Å². The van der Waals surface area contributed by atoms with Gasteiger partial charge in [-0.3, -0.25) is 4.79 Å². The van der Waals surface area contributed by atoms with Gasteiger partial charge in [-0.1, -0.05) is 0 Å². The van der Waals surface area contributed by atoms with E-state index in [2.05, 4.69) is 10.6 Å². The molecule has 76 valence electrons. The molecule has 0 aromatic carbocycles. The van der Waals surface area contributed by atoms with Crippen LogP contribution in [-0.2, 0) is 4.79 Å². The van der Waals surface area contributed by atoms with E-state index in [4.69, 9.17) is 5.73 Å². The summed E-state index contributed by atoms with van der Waals surface area (Å²) >= 11 is 0. The highest BCUT2D eigenvalue weighted by Crippen LogP contribution is 2.18. The summed E-state index contributed by atoms with van der Waals surface area (Å²) in [6.45, 7) is 0.967. The molecule has 4 nitrogen and oxygen atoms in total. The minimum absolute atomic E-state index is 0. The van der Waals surface area contributed by atoms with E-state index in [0.717, 1.165) is 25.8 Å². The van der Waals surface area contributed by atoms with E-state index >= 15 is 0 Å². The lowest BCUT2D eigenvalue weighted by Crippen LogP contribution is -2.42. The van der Waals surface area contributed by atoms with Gasteiger partial charge in [0.25, 0.3) is 0 Å². The molecule has 1 saturated heterocycles. The summed E-state index contributed by atoms with van der Waals surface area (Å²) in [6, 6.07) is 0.494. The van der Waals surface area contributed by atoms with Crippen molar-refractivity contribution in [2.75, 3.05) is 6.54 Å². The number of carbonyl (C=O) groups excluding carboxylic acids is 1. The molecule has 2 fully saturated rings. The summed E-state index contributed by atoms with van der Waals surface area (Å²) in [5, 5.41) is 6.07. The van der Waals surface area contributed by atoms with Crippen molar-refractivity contribution < 1.29 is 4.79 Å². The van der Waals surface area contributed by atoms with Crippen molar-refractivity contribution in [3.63, 3.8) is 0 Å². The van der Waals surface area contributed by atoms with E-state index in [9.17, 15) is 4.79 Å². The van der Waals surface area contributed by atoms with Gasteiger partial charge in [0, 0.05) is 12.1 Å². The van der Waals surface area contributed by atoms with Gasteiger partial charge in [-0.2, -0.15) is 0 Å². The Labute approximate surface area is 84.0 Å². The number of carbonyl (C=O) groups is 1. The normalized spacial score (nSPS) is 36.5. The molecule has 0 aromatic rings. The predicted octanol–water partition coefficient (Wildman–Crippen LogP) is -0.624. The third-order valence-corrected chi connectivity index (χ3v) is 2.54. The summed E-state index contributed by atoms with van der Waals surface area (Å²) in [5.74, 6) is 0.130. The summed E-state index contributed by atoms with van der Waals surface area (Å²) in [4.78, 5) is 11.4. The summed E-state index contributed by atoms with van der Waals surface area (Å²) in [6.07, 6.45) is 3.01. The van der Waals surface area contributed by atoms with Gasteiger partial charge in [0.05, 0.1) is 6.04 Å². The highest BCUT2D eigenvalue weighted by Gasteiger charge is 2.36. The van der Waals surface area contributed by atoms with E-state index in [1.165, 1.54) is 0 Å². The highest BCUT2D eigenvalue weighted by atomic mass is 35.5.